The molecular weight excluding hydrogens is 272 g/mol. The number of carbonyl (C=O) groups is 1. The Labute approximate surface area is 122 Å². The molecule has 6 heteroatoms. The van der Waals surface area contributed by atoms with E-state index in [0.29, 0.717) is 11.5 Å². The summed E-state index contributed by atoms with van der Waals surface area (Å²) in [6, 6.07) is 7.66. The summed E-state index contributed by atoms with van der Waals surface area (Å²) in [5, 5.41) is 12.8. The lowest BCUT2D eigenvalue weighted by atomic mass is 10.1. The molecule has 0 saturated carbocycles. The predicted molar refractivity (Wildman–Crippen MR) is 81.2 cm³/mol. The van der Waals surface area contributed by atoms with Crippen LogP contribution in [0.25, 0.3) is 0 Å². The molecule has 0 bridgehead atoms. The van der Waals surface area contributed by atoms with E-state index in [4.69, 9.17) is 0 Å². The van der Waals surface area contributed by atoms with Crippen LogP contribution in [0.4, 0.5) is 5.82 Å². The Bertz CT molecular complexity index is 553. The number of amides is 1. The Morgan fingerprint density at radius 1 is 1.40 bits per heavy atom. The van der Waals surface area contributed by atoms with Crippen molar-refractivity contribution < 1.29 is 4.79 Å². The quantitative estimate of drug-likeness (QED) is 0.918. The van der Waals surface area contributed by atoms with Gasteiger partial charge >= 0.3 is 0 Å². The molecule has 20 heavy (non-hydrogen) atoms. The summed E-state index contributed by atoms with van der Waals surface area (Å²) in [4.78, 5) is 15.3. The first-order valence-corrected chi connectivity index (χ1v) is 7.31. The molecule has 1 N–H and O–H groups in total. The molecule has 106 valence electrons. The highest BCUT2D eigenvalue weighted by molar-refractivity contribution is 7.09. The molecule has 0 fully saturated rings. The summed E-state index contributed by atoms with van der Waals surface area (Å²) >= 11 is 1.71. The van der Waals surface area contributed by atoms with Gasteiger partial charge in [-0.2, -0.15) is 0 Å². The molecule has 2 rings (SSSR count). The number of aromatic nitrogens is 2. The fourth-order valence-electron chi connectivity index (χ4n) is 1.82. The molecule has 0 aliphatic carbocycles. The highest BCUT2D eigenvalue weighted by Gasteiger charge is 2.19. The van der Waals surface area contributed by atoms with Crippen LogP contribution in [0.1, 0.15) is 22.3 Å². The molecule has 2 aromatic heterocycles. The molecule has 1 amide bonds. The van der Waals surface area contributed by atoms with E-state index in [1.54, 1.807) is 42.5 Å². The van der Waals surface area contributed by atoms with Gasteiger partial charge < -0.3 is 10.2 Å². The Morgan fingerprint density at radius 3 is 2.75 bits per heavy atom. The number of anilines is 1. The molecular formula is C14H18N4OS. The number of nitrogens with one attached hydrogen (secondary N) is 1. The van der Waals surface area contributed by atoms with Crippen molar-refractivity contribution in [2.75, 3.05) is 19.4 Å². The van der Waals surface area contributed by atoms with Crippen molar-refractivity contribution >= 4 is 23.1 Å². The molecule has 0 saturated heterocycles. The average molecular weight is 290 g/mol. The van der Waals surface area contributed by atoms with Crippen molar-refractivity contribution in [3.8, 4) is 0 Å². The molecule has 5 nitrogen and oxygen atoms in total. The smallest absolute Gasteiger partial charge is 0.274 e. The van der Waals surface area contributed by atoms with E-state index in [1.165, 1.54) is 4.88 Å². The highest BCUT2D eigenvalue weighted by Crippen LogP contribution is 2.15. The van der Waals surface area contributed by atoms with Crippen molar-refractivity contribution in [1.82, 2.24) is 15.1 Å². The van der Waals surface area contributed by atoms with Crippen LogP contribution in [0.3, 0.4) is 0 Å². The molecule has 2 heterocycles. The monoisotopic (exact) mass is 290 g/mol. The standard InChI is InChI=1S/C14H18N4OS/c1-10(9-11-5-4-8-20-11)18(3)14(19)12-6-7-13(15-2)17-16-12/h4-8,10H,9H2,1-3H3,(H,15,17). The number of hydrogen-bond acceptors (Lipinski definition) is 5. The van der Waals surface area contributed by atoms with E-state index in [1.807, 2.05) is 18.4 Å². The van der Waals surface area contributed by atoms with E-state index >= 15 is 0 Å². The number of carbonyl (C=O) groups excluding carboxylic acids is 1. The first-order valence-electron chi connectivity index (χ1n) is 6.43. The minimum Gasteiger partial charge on any atom is -0.372 e. The lowest BCUT2D eigenvalue weighted by Crippen LogP contribution is -2.36. The first kappa shape index (κ1) is 14.5. The first-order chi connectivity index (χ1) is 9.61. The predicted octanol–water partition coefficient (Wildman–Crippen LogP) is 2.28. The normalized spacial score (nSPS) is 11.9. The van der Waals surface area contributed by atoms with Crippen LogP contribution in [-0.2, 0) is 6.42 Å². The third-order valence-electron chi connectivity index (χ3n) is 3.20. The molecule has 2 aromatic rings. The van der Waals surface area contributed by atoms with Gasteiger partial charge in [0.2, 0.25) is 0 Å². The van der Waals surface area contributed by atoms with Crippen LogP contribution in [-0.4, -0.2) is 41.1 Å². The van der Waals surface area contributed by atoms with Crippen molar-refractivity contribution in [2.45, 2.75) is 19.4 Å². The van der Waals surface area contributed by atoms with Gasteiger partial charge in [0.1, 0.15) is 5.82 Å². The number of rotatable bonds is 5. The highest BCUT2D eigenvalue weighted by atomic mass is 32.1. The Kier molecular flexibility index (Phi) is 4.68. The minimum atomic E-state index is -0.107. The Hall–Kier alpha value is -1.95. The van der Waals surface area contributed by atoms with E-state index in [2.05, 4.69) is 21.6 Å². The lowest BCUT2D eigenvalue weighted by Gasteiger charge is -2.24. The second-order valence-corrected chi connectivity index (χ2v) is 5.63. The average Bonchev–Trinajstić information content (AvgIpc) is 2.98. The van der Waals surface area contributed by atoms with Crippen molar-refractivity contribution in [2.24, 2.45) is 0 Å². The van der Waals surface area contributed by atoms with Gasteiger partial charge in [0, 0.05) is 31.4 Å². The summed E-state index contributed by atoms with van der Waals surface area (Å²) in [5.41, 5.74) is 0.365. The Morgan fingerprint density at radius 2 is 2.20 bits per heavy atom. The maximum atomic E-state index is 12.3. The van der Waals surface area contributed by atoms with Gasteiger partial charge in [-0.1, -0.05) is 6.07 Å². The fraction of sp³-hybridized carbons (Fsp3) is 0.357. The molecule has 1 unspecified atom stereocenters. The fourth-order valence-corrected chi connectivity index (χ4v) is 2.64. The van der Waals surface area contributed by atoms with Crippen LogP contribution in [0, 0.1) is 0 Å². The maximum Gasteiger partial charge on any atom is 0.274 e. The van der Waals surface area contributed by atoms with Gasteiger partial charge in [-0.15, -0.1) is 21.5 Å². The second-order valence-electron chi connectivity index (χ2n) is 4.60. The van der Waals surface area contributed by atoms with Gasteiger partial charge in [-0.05, 0) is 30.5 Å². The molecule has 0 aliphatic rings. The molecule has 0 aromatic carbocycles. The number of thiophene rings is 1. The van der Waals surface area contributed by atoms with Crippen molar-refractivity contribution in [1.29, 1.82) is 0 Å². The number of hydrogen-bond donors (Lipinski definition) is 1. The van der Waals surface area contributed by atoms with Crippen LogP contribution < -0.4 is 5.32 Å². The van der Waals surface area contributed by atoms with Gasteiger partial charge in [-0.25, -0.2) is 0 Å². The van der Waals surface area contributed by atoms with Crippen molar-refractivity contribution in [3.05, 3.63) is 40.2 Å². The van der Waals surface area contributed by atoms with Gasteiger partial charge in [0.25, 0.3) is 5.91 Å². The third kappa shape index (κ3) is 3.33. The van der Waals surface area contributed by atoms with E-state index in [-0.39, 0.29) is 11.9 Å². The Balaban J connectivity index is 2.03. The van der Waals surface area contributed by atoms with Crippen LogP contribution in [0.5, 0.6) is 0 Å². The zero-order valence-corrected chi connectivity index (χ0v) is 12.6. The SMILES string of the molecule is CNc1ccc(C(=O)N(C)C(C)Cc2cccs2)nn1. The summed E-state index contributed by atoms with van der Waals surface area (Å²) in [7, 11) is 3.56. The van der Waals surface area contributed by atoms with Crippen LogP contribution in [0.2, 0.25) is 0 Å². The molecule has 1 atom stereocenters. The molecule has 0 radical (unpaired) electrons. The zero-order chi connectivity index (χ0) is 14.5. The second kappa shape index (κ2) is 6.47. The van der Waals surface area contributed by atoms with Crippen molar-refractivity contribution in [3.63, 3.8) is 0 Å². The van der Waals surface area contributed by atoms with Gasteiger partial charge in [0.15, 0.2) is 5.69 Å². The summed E-state index contributed by atoms with van der Waals surface area (Å²) in [6.45, 7) is 2.03. The van der Waals surface area contributed by atoms with Crippen LogP contribution >= 0.6 is 11.3 Å². The van der Waals surface area contributed by atoms with E-state index < -0.39 is 0 Å². The third-order valence-corrected chi connectivity index (χ3v) is 4.10. The summed E-state index contributed by atoms with van der Waals surface area (Å²) in [6.07, 6.45) is 0.849. The lowest BCUT2D eigenvalue weighted by molar-refractivity contribution is 0.0737. The topological polar surface area (TPSA) is 58.1 Å². The van der Waals surface area contributed by atoms with E-state index in [0.717, 1.165) is 6.42 Å². The zero-order valence-electron chi connectivity index (χ0n) is 11.8. The molecule has 0 aliphatic heterocycles. The largest absolute Gasteiger partial charge is 0.372 e. The van der Waals surface area contributed by atoms with Gasteiger partial charge in [-0.3, -0.25) is 4.79 Å². The summed E-state index contributed by atoms with van der Waals surface area (Å²) in [5.74, 6) is 0.542. The summed E-state index contributed by atoms with van der Waals surface area (Å²) < 4.78 is 0. The molecule has 0 spiro atoms. The minimum absolute atomic E-state index is 0.107. The van der Waals surface area contributed by atoms with E-state index in [9.17, 15) is 4.79 Å². The number of nitrogens with zero attached hydrogens (tertiary/aromatic N) is 3. The maximum absolute atomic E-state index is 12.3. The van der Waals surface area contributed by atoms with Gasteiger partial charge in [0.05, 0.1) is 0 Å². The van der Waals surface area contributed by atoms with Crippen LogP contribution in [0.15, 0.2) is 29.6 Å². The number of likely N-dealkylation sites (N-methyl/N-ethyl adjacent to an activating group) is 1.